The first kappa shape index (κ1) is 23.8. The number of halogens is 4. The molecule has 2 aromatic carbocycles. The van der Waals surface area contributed by atoms with Crippen molar-refractivity contribution >= 4 is 31.9 Å². The maximum Gasteiger partial charge on any atom is 0.142 e. The Morgan fingerprint density at radius 1 is 0.759 bits per heavy atom. The van der Waals surface area contributed by atoms with Gasteiger partial charge in [-0.25, -0.2) is 8.78 Å². The van der Waals surface area contributed by atoms with Crippen molar-refractivity contribution in [2.24, 2.45) is 11.8 Å². The fourth-order valence-corrected chi connectivity index (χ4v) is 3.85. The molecule has 0 N–H and O–H groups in total. The van der Waals surface area contributed by atoms with Crippen LogP contribution >= 0.6 is 31.9 Å². The van der Waals surface area contributed by atoms with Crippen molar-refractivity contribution in [2.45, 2.75) is 40.5 Å². The van der Waals surface area contributed by atoms with Crippen molar-refractivity contribution in [1.29, 1.82) is 0 Å². The minimum Gasteiger partial charge on any atom is -0.455 e. The molecule has 2 rings (SSSR count). The third-order valence-electron chi connectivity index (χ3n) is 4.21. The predicted octanol–water partition coefficient (Wildman–Crippen LogP) is 8.79. The molecule has 0 atom stereocenters. The van der Waals surface area contributed by atoms with Gasteiger partial charge in [-0.3, -0.25) is 0 Å². The lowest BCUT2D eigenvalue weighted by atomic mass is 10.1. The van der Waals surface area contributed by atoms with Crippen molar-refractivity contribution in [3.63, 3.8) is 0 Å². The first-order valence-electron chi connectivity index (χ1n) is 9.65. The highest BCUT2D eigenvalue weighted by Crippen LogP contribution is 2.39. The quantitative estimate of drug-likeness (QED) is 0.311. The summed E-state index contributed by atoms with van der Waals surface area (Å²) in [5.41, 5.74) is 1.05. The molecule has 0 aliphatic rings. The lowest BCUT2D eigenvalue weighted by Gasteiger charge is -2.14. The van der Waals surface area contributed by atoms with Crippen molar-refractivity contribution in [1.82, 2.24) is 0 Å². The molecule has 0 aliphatic heterocycles. The van der Waals surface area contributed by atoms with E-state index in [0.717, 1.165) is 0 Å². The Morgan fingerprint density at radius 2 is 1.14 bits per heavy atom. The van der Waals surface area contributed by atoms with Gasteiger partial charge in [0.15, 0.2) is 0 Å². The minimum absolute atomic E-state index is 0.296. The smallest absolute Gasteiger partial charge is 0.142 e. The molecule has 0 saturated heterocycles. The molecule has 0 fully saturated rings. The molecule has 0 aliphatic carbocycles. The highest BCUT2D eigenvalue weighted by molar-refractivity contribution is 9.11. The second-order valence-corrected chi connectivity index (χ2v) is 9.12. The van der Waals surface area contributed by atoms with E-state index in [2.05, 4.69) is 59.6 Å². The zero-order valence-electron chi connectivity index (χ0n) is 17.1. The maximum atomic E-state index is 14.3. The molecule has 2 aromatic rings. The molecule has 156 valence electrons. The fourth-order valence-electron chi connectivity index (χ4n) is 2.72. The van der Waals surface area contributed by atoms with Crippen LogP contribution in [0.25, 0.3) is 0 Å². The van der Waals surface area contributed by atoms with Gasteiger partial charge in [-0.15, -0.1) is 0 Å². The Hall–Kier alpha value is -1.46. The van der Waals surface area contributed by atoms with Crippen molar-refractivity contribution in [3.05, 3.63) is 80.3 Å². The van der Waals surface area contributed by atoms with E-state index in [4.69, 9.17) is 4.74 Å². The van der Waals surface area contributed by atoms with Gasteiger partial charge in [-0.2, -0.15) is 0 Å². The second-order valence-electron chi connectivity index (χ2n) is 7.53. The van der Waals surface area contributed by atoms with E-state index < -0.39 is 0 Å². The molecule has 0 aromatic heterocycles. The Kier molecular flexibility index (Phi) is 9.09. The van der Waals surface area contributed by atoms with Gasteiger partial charge in [0.2, 0.25) is 0 Å². The topological polar surface area (TPSA) is 9.23 Å². The van der Waals surface area contributed by atoms with Crippen molar-refractivity contribution in [2.75, 3.05) is 0 Å². The van der Waals surface area contributed by atoms with Gasteiger partial charge in [0, 0.05) is 11.1 Å². The lowest BCUT2D eigenvalue weighted by molar-refractivity contribution is 0.469. The van der Waals surface area contributed by atoms with E-state index in [0.29, 0.717) is 56.2 Å². The number of hydrogen-bond acceptors (Lipinski definition) is 1. The van der Waals surface area contributed by atoms with E-state index in [9.17, 15) is 8.78 Å². The van der Waals surface area contributed by atoms with Gasteiger partial charge in [-0.1, -0.05) is 52.0 Å². The van der Waals surface area contributed by atoms with Gasteiger partial charge in [0.05, 0.1) is 8.95 Å². The molecule has 0 bridgehead atoms. The van der Waals surface area contributed by atoms with Crippen LogP contribution in [-0.2, 0) is 12.8 Å². The number of hydrogen-bond donors (Lipinski definition) is 0. The van der Waals surface area contributed by atoms with Crippen LogP contribution in [0, 0.1) is 23.5 Å². The van der Waals surface area contributed by atoms with Crippen molar-refractivity contribution in [3.8, 4) is 11.5 Å². The first-order chi connectivity index (χ1) is 13.7. The molecular weight excluding hydrogens is 502 g/mol. The summed E-state index contributed by atoms with van der Waals surface area (Å²) in [5, 5.41) is 0. The van der Waals surface area contributed by atoms with Crippen LogP contribution in [0.5, 0.6) is 11.5 Å². The minimum atomic E-state index is -0.296. The maximum absolute atomic E-state index is 14.3. The molecule has 0 saturated carbocycles. The second kappa shape index (κ2) is 11.1. The Labute approximate surface area is 189 Å². The fraction of sp³-hybridized carbons (Fsp3) is 0.333. The largest absolute Gasteiger partial charge is 0.455 e. The normalized spacial score (nSPS) is 12.1. The standard InChI is InChI=1S/C24H26Br2F2O/c1-15(2)7-5-9-17-19(27)11-13-21(23(17)25)29-22-14-12-20(28)18(24(22)26)10-6-8-16(3)4/h5-8,11-16H,9-10H2,1-4H3. The van der Waals surface area contributed by atoms with Crippen LogP contribution in [0.4, 0.5) is 8.78 Å². The van der Waals surface area contributed by atoms with Crippen LogP contribution in [0.2, 0.25) is 0 Å². The molecule has 0 heterocycles. The summed E-state index contributed by atoms with van der Waals surface area (Å²) >= 11 is 6.95. The monoisotopic (exact) mass is 526 g/mol. The Morgan fingerprint density at radius 3 is 1.48 bits per heavy atom. The van der Waals surface area contributed by atoms with Crippen LogP contribution in [-0.4, -0.2) is 0 Å². The summed E-state index contributed by atoms with van der Waals surface area (Å²) in [7, 11) is 0. The number of rotatable bonds is 8. The summed E-state index contributed by atoms with van der Waals surface area (Å²) in [5.74, 6) is 1.17. The molecule has 5 heteroatoms. The molecule has 1 nitrogen and oxygen atoms in total. The molecular formula is C24H26Br2F2O. The number of allylic oxidation sites excluding steroid dienone is 4. The highest BCUT2D eigenvalue weighted by atomic mass is 79.9. The number of ether oxygens (including phenoxy) is 1. The summed E-state index contributed by atoms with van der Waals surface area (Å²) < 4.78 is 35.7. The highest BCUT2D eigenvalue weighted by Gasteiger charge is 2.16. The zero-order valence-corrected chi connectivity index (χ0v) is 20.3. The lowest BCUT2D eigenvalue weighted by Crippen LogP contribution is -1.97. The van der Waals surface area contributed by atoms with Crippen molar-refractivity contribution < 1.29 is 13.5 Å². The van der Waals surface area contributed by atoms with Crippen LogP contribution < -0.4 is 4.74 Å². The average Bonchev–Trinajstić information content (AvgIpc) is 2.64. The molecule has 29 heavy (non-hydrogen) atoms. The summed E-state index contributed by atoms with van der Waals surface area (Å²) in [6.07, 6.45) is 8.88. The van der Waals surface area contributed by atoms with Gasteiger partial charge >= 0.3 is 0 Å². The summed E-state index contributed by atoms with van der Waals surface area (Å²) in [6, 6.07) is 5.93. The SMILES string of the molecule is CC(C)C=CCc1c(F)ccc(Oc2ccc(F)c(CC=CC(C)C)c2Br)c1Br. The average molecular weight is 528 g/mol. The van der Waals surface area contributed by atoms with Crippen LogP contribution in [0.3, 0.4) is 0 Å². The van der Waals surface area contributed by atoms with Crippen LogP contribution in [0.15, 0.2) is 57.5 Å². The van der Waals surface area contributed by atoms with Gasteiger partial charge in [-0.05, 0) is 80.8 Å². The van der Waals surface area contributed by atoms with E-state index in [1.165, 1.54) is 12.1 Å². The van der Waals surface area contributed by atoms with E-state index >= 15 is 0 Å². The van der Waals surface area contributed by atoms with Gasteiger partial charge in [0.25, 0.3) is 0 Å². The third kappa shape index (κ3) is 6.78. The Bertz CT molecular complexity index is 829. The van der Waals surface area contributed by atoms with Crippen LogP contribution in [0.1, 0.15) is 38.8 Å². The van der Waals surface area contributed by atoms with E-state index in [1.54, 1.807) is 12.1 Å². The van der Waals surface area contributed by atoms with E-state index in [1.807, 2.05) is 24.3 Å². The van der Waals surface area contributed by atoms with Gasteiger partial charge < -0.3 is 4.74 Å². The Balaban J connectivity index is 2.32. The predicted molar refractivity (Wildman–Crippen MR) is 124 cm³/mol. The summed E-state index contributed by atoms with van der Waals surface area (Å²) in [6.45, 7) is 8.28. The molecule has 0 amide bonds. The molecule has 0 radical (unpaired) electrons. The molecule has 0 unspecified atom stereocenters. The number of benzene rings is 2. The molecule has 0 spiro atoms. The van der Waals surface area contributed by atoms with Gasteiger partial charge in [0.1, 0.15) is 23.1 Å². The third-order valence-corrected chi connectivity index (χ3v) is 5.95. The summed E-state index contributed by atoms with van der Waals surface area (Å²) in [4.78, 5) is 0. The van der Waals surface area contributed by atoms with E-state index in [-0.39, 0.29) is 11.6 Å². The first-order valence-corrected chi connectivity index (χ1v) is 11.2. The zero-order chi connectivity index (χ0) is 21.6.